The second kappa shape index (κ2) is 10.3. The Labute approximate surface area is 196 Å². The number of morpholine rings is 1. The lowest BCUT2D eigenvalue weighted by molar-refractivity contribution is 0.0282. The van der Waals surface area contributed by atoms with Gasteiger partial charge in [0, 0.05) is 18.7 Å². The molecule has 3 aromatic rings. The molecule has 0 aliphatic carbocycles. The number of nitrogens with zero attached hydrogens (tertiary/aromatic N) is 2. The summed E-state index contributed by atoms with van der Waals surface area (Å²) in [5.74, 6) is -0.257. The molecular weight excluding hydrogens is 438 g/mol. The van der Waals surface area contributed by atoms with Gasteiger partial charge in [0.15, 0.2) is 11.6 Å². The van der Waals surface area contributed by atoms with E-state index in [1.165, 1.54) is 0 Å². The van der Waals surface area contributed by atoms with Crippen molar-refractivity contribution in [2.75, 3.05) is 31.6 Å². The van der Waals surface area contributed by atoms with E-state index in [4.69, 9.17) is 14.9 Å². The largest absolute Gasteiger partial charge is 0.455 e. The molecule has 34 heavy (non-hydrogen) atoms. The number of anilines is 1. The number of hydrogen-bond donors (Lipinski definition) is 3. The Balaban J connectivity index is 1.46. The molecule has 3 amide bonds. The van der Waals surface area contributed by atoms with Gasteiger partial charge in [-0.1, -0.05) is 25.5 Å². The van der Waals surface area contributed by atoms with Crippen LogP contribution in [0.15, 0.2) is 40.8 Å². The molecule has 3 heterocycles. The number of rotatable bonds is 8. The molecule has 1 saturated heterocycles. The van der Waals surface area contributed by atoms with Gasteiger partial charge in [0.2, 0.25) is 0 Å². The van der Waals surface area contributed by atoms with Crippen LogP contribution in [0, 0.1) is 0 Å². The molecule has 1 fully saturated rings. The molecular formula is C24H27N5O5. The van der Waals surface area contributed by atoms with Crippen LogP contribution in [0.5, 0.6) is 0 Å². The monoisotopic (exact) mass is 465 g/mol. The number of imidazole rings is 1. The summed E-state index contributed by atoms with van der Waals surface area (Å²) < 4.78 is 11.0. The number of H-pyrrole nitrogens is 1. The van der Waals surface area contributed by atoms with Crippen molar-refractivity contribution >= 4 is 23.5 Å². The minimum atomic E-state index is -0.755. The van der Waals surface area contributed by atoms with Gasteiger partial charge in [-0.25, -0.2) is 4.98 Å². The van der Waals surface area contributed by atoms with Crippen molar-refractivity contribution in [3.8, 4) is 0 Å². The number of nitrogens with two attached hydrogens (primary N) is 1. The van der Waals surface area contributed by atoms with Gasteiger partial charge in [0.05, 0.1) is 19.6 Å². The molecule has 0 spiro atoms. The maximum Gasteiger partial charge on any atom is 0.289 e. The Morgan fingerprint density at radius 3 is 2.53 bits per heavy atom. The number of carbonyl (C=O) groups excluding carboxylic acids is 3. The first-order valence-electron chi connectivity index (χ1n) is 11.2. The number of nitrogens with one attached hydrogen (secondary N) is 2. The SMILES string of the molecule is CCCc1ccc(C(=O)Nc2nc(Cc3ccc(C(=O)N4CCOCC4)o3)[nH]c2C(N)=O)cc1. The third-order valence-corrected chi connectivity index (χ3v) is 5.50. The van der Waals surface area contributed by atoms with E-state index >= 15 is 0 Å². The lowest BCUT2D eigenvalue weighted by Gasteiger charge is -2.25. The standard InChI is InChI=1S/C24H27N5O5/c1-2-3-15-4-6-16(7-5-15)23(31)28-22-20(21(25)30)26-19(27-22)14-17-8-9-18(34-17)24(32)29-10-12-33-13-11-29/h4-9H,2-3,10-14H2,1H3,(H2,25,30)(H,26,27)(H,28,31). The van der Waals surface area contributed by atoms with E-state index in [0.29, 0.717) is 43.5 Å². The van der Waals surface area contributed by atoms with Gasteiger partial charge in [-0.3, -0.25) is 14.4 Å². The van der Waals surface area contributed by atoms with Crippen LogP contribution < -0.4 is 11.1 Å². The Hall–Kier alpha value is -3.92. The third-order valence-electron chi connectivity index (χ3n) is 5.50. The van der Waals surface area contributed by atoms with Crippen LogP contribution in [0.25, 0.3) is 0 Å². The van der Waals surface area contributed by atoms with Crippen molar-refractivity contribution in [2.45, 2.75) is 26.2 Å². The van der Waals surface area contributed by atoms with Crippen LogP contribution in [0.4, 0.5) is 5.82 Å². The zero-order valence-electron chi connectivity index (χ0n) is 18.9. The molecule has 10 heteroatoms. The highest BCUT2D eigenvalue weighted by Gasteiger charge is 2.23. The van der Waals surface area contributed by atoms with Gasteiger partial charge < -0.3 is 30.1 Å². The molecule has 1 aliphatic heterocycles. The lowest BCUT2D eigenvalue weighted by atomic mass is 10.1. The molecule has 0 bridgehead atoms. The first-order valence-corrected chi connectivity index (χ1v) is 11.2. The predicted molar refractivity (Wildman–Crippen MR) is 124 cm³/mol. The molecule has 0 radical (unpaired) electrons. The van der Waals surface area contributed by atoms with Gasteiger partial charge in [0.1, 0.15) is 17.3 Å². The summed E-state index contributed by atoms with van der Waals surface area (Å²) in [5.41, 5.74) is 7.04. The highest BCUT2D eigenvalue weighted by Crippen LogP contribution is 2.19. The van der Waals surface area contributed by atoms with E-state index in [0.717, 1.165) is 18.4 Å². The summed E-state index contributed by atoms with van der Waals surface area (Å²) >= 11 is 0. The average Bonchev–Trinajstić information content (AvgIpc) is 3.47. The van der Waals surface area contributed by atoms with Crippen LogP contribution in [0.2, 0.25) is 0 Å². The lowest BCUT2D eigenvalue weighted by Crippen LogP contribution is -2.40. The zero-order valence-corrected chi connectivity index (χ0v) is 18.9. The number of aromatic amines is 1. The number of aryl methyl sites for hydroxylation is 1. The van der Waals surface area contributed by atoms with E-state index in [-0.39, 0.29) is 29.6 Å². The van der Waals surface area contributed by atoms with E-state index in [2.05, 4.69) is 22.2 Å². The van der Waals surface area contributed by atoms with Crippen LogP contribution in [-0.2, 0) is 17.6 Å². The first-order chi connectivity index (χ1) is 16.4. The molecule has 1 aromatic carbocycles. The van der Waals surface area contributed by atoms with Crippen molar-refractivity contribution < 1.29 is 23.5 Å². The number of amides is 3. The molecule has 4 rings (SSSR count). The molecule has 178 valence electrons. The molecule has 0 unspecified atom stereocenters. The van der Waals surface area contributed by atoms with Crippen LogP contribution in [-0.4, -0.2) is 58.9 Å². The molecule has 0 atom stereocenters. The van der Waals surface area contributed by atoms with Crippen LogP contribution in [0.1, 0.15) is 61.9 Å². The first kappa shape index (κ1) is 23.2. The molecule has 0 saturated carbocycles. The van der Waals surface area contributed by atoms with Crippen LogP contribution >= 0.6 is 0 Å². The second-order valence-electron chi connectivity index (χ2n) is 8.02. The van der Waals surface area contributed by atoms with E-state index < -0.39 is 11.8 Å². The fraction of sp³-hybridized carbons (Fsp3) is 0.333. The predicted octanol–water partition coefficient (Wildman–Crippen LogP) is 2.37. The smallest absolute Gasteiger partial charge is 0.289 e. The number of aromatic nitrogens is 2. The summed E-state index contributed by atoms with van der Waals surface area (Å²) in [6.45, 7) is 4.11. The fourth-order valence-corrected chi connectivity index (χ4v) is 3.74. The number of primary amides is 1. The number of hydrogen-bond acceptors (Lipinski definition) is 6. The van der Waals surface area contributed by atoms with Crippen molar-refractivity contribution in [1.82, 2.24) is 14.9 Å². The number of ether oxygens (including phenoxy) is 1. The van der Waals surface area contributed by atoms with Gasteiger partial charge in [-0.15, -0.1) is 0 Å². The van der Waals surface area contributed by atoms with Crippen molar-refractivity contribution in [1.29, 1.82) is 0 Å². The minimum absolute atomic E-state index is 0.0119. The maximum atomic E-state index is 12.7. The topological polar surface area (TPSA) is 144 Å². The third kappa shape index (κ3) is 5.34. The van der Waals surface area contributed by atoms with E-state index in [9.17, 15) is 14.4 Å². The normalized spacial score (nSPS) is 13.6. The Morgan fingerprint density at radius 2 is 1.85 bits per heavy atom. The van der Waals surface area contributed by atoms with Crippen molar-refractivity contribution in [3.05, 3.63) is 70.6 Å². The van der Waals surface area contributed by atoms with Crippen LogP contribution in [0.3, 0.4) is 0 Å². The highest BCUT2D eigenvalue weighted by atomic mass is 16.5. The van der Waals surface area contributed by atoms with Gasteiger partial charge in [-0.05, 0) is 36.2 Å². The summed E-state index contributed by atoms with van der Waals surface area (Å²) in [6, 6.07) is 10.5. The van der Waals surface area contributed by atoms with Gasteiger partial charge >= 0.3 is 0 Å². The van der Waals surface area contributed by atoms with E-state index in [1.807, 2.05) is 12.1 Å². The molecule has 1 aliphatic rings. The number of benzene rings is 1. The summed E-state index contributed by atoms with van der Waals surface area (Å²) in [5, 5.41) is 2.65. The number of furan rings is 1. The quantitative estimate of drug-likeness (QED) is 0.466. The van der Waals surface area contributed by atoms with E-state index in [1.54, 1.807) is 29.2 Å². The Bertz CT molecular complexity index is 1170. The van der Waals surface area contributed by atoms with Gasteiger partial charge in [0.25, 0.3) is 17.7 Å². The van der Waals surface area contributed by atoms with Crippen molar-refractivity contribution in [2.24, 2.45) is 5.73 Å². The van der Waals surface area contributed by atoms with Crippen molar-refractivity contribution in [3.63, 3.8) is 0 Å². The molecule has 2 aromatic heterocycles. The second-order valence-corrected chi connectivity index (χ2v) is 8.02. The summed E-state index contributed by atoms with van der Waals surface area (Å²) in [7, 11) is 0. The molecule has 10 nitrogen and oxygen atoms in total. The minimum Gasteiger partial charge on any atom is -0.455 e. The Kier molecular flexibility index (Phi) is 7.07. The highest BCUT2D eigenvalue weighted by molar-refractivity contribution is 6.07. The summed E-state index contributed by atoms with van der Waals surface area (Å²) in [6.07, 6.45) is 2.13. The zero-order chi connectivity index (χ0) is 24.1. The fourth-order valence-electron chi connectivity index (χ4n) is 3.74. The van der Waals surface area contributed by atoms with Gasteiger partial charge in [-0.2, -0.15) is 0 Å². The average molecular weight is 466 g/mol. The number of carbonyl (C=O) groups is 3. The maximum absolute atomic E-state index is 12.7. The summed E-state index contributed by atoms with van der Waals surface area (Å²) in [4.78, 5) is 46.0. The Morgan fingerprint density at radius 1 is 1.12 bits per heavy atom. The molecule has 4 N–H and O–H groups in total.